The first-order valence-electron chi connectivity index (χ1n) is 13.1. The van der Waals surface area contributed by atoms with E-state index >= 15 is 0 Å². The monoisotopic (exact) mass is 481 g/mol. The van der Waals surface area contributed by atoms with Crippen molar-refractivity contribution in [1.82, 2.24) is 0 Å². The Hall–Kier alpha value is -4.37. The molecule has 7 rings (SSSR count). The van der Waals surface area contributed by atoms with Gasteiger partial charge in [-0.05, 0) is 81.4 Å². The number of nitrogens with two attached hydrogens (primary N) is 1. The minimum absolute atomic E-state index is 0.750. The molecule has 0 aromatic heterocycles. The summed E-state index contributed by atoms with van der Waals surface area (Å²) in [6.07, 6.45) is 14.3. The quantitative estimate of drug-likeness (QED) is 0.365. The van der Waals surface area contributed by atoms with Crippen LogP contribution in [0.2, 0.25) is 0 Å². The Bertz CT molecular complexity index is 1730. The number of rotatable bonds is 2. The van der Waals surface area contributed by atoms with E-state index < -0.39 is 0 Å². The lowest BCUT2D eigenvalue weighted by Gasteiger charge is -2.16. The number of allylic oxidation sites excluding steroid dienone is 1. The van der Waals surface area contributed by atoms with Crippen LogP contribution in [0.15, 0.2) is 102 Å². The van der Waals surface area contributed by atoms with Gasteiger partial charge in [-0.1, -0.05) is 78.9 Å². The van der Waals surface area contributed by atoms with Gasteiger partial charge in [0.2, 0.25) is 0 Å². The predicted molar refractivity (Wildman–Crippen MR) is 156 cm³/mol. The van der Waals surface area contributed by atoms with Gasteiger partial charge in [-0.2, -0.15) is 0 Å². The molecule has 182 valence electrons. The van der Waals surface area contributed by atoms with E-state index in [2.05, 4.69) is 71.0 Å². The number of hydrogen-bond acceptors (Lipinski definition) is 3. The molecule has 0 fully saturated rings. The molecule has 0 bridgehead atoms. The van der Waals surface area contributed by atoms with Gasteiger partial charge in [0.1, 0.15) is 0 Å². The standard InChI is InChI=1S/C18H16.C16H15N3/c1-3-7-15-13(5-1)9-11-18-16-8-4-2-6-14(16)10-12-17(15)18;17-14-7-6-13-10-18-15(11-19-16(13)9-14)8-12-4-2-1-3-5-12/h1,3,5-7,9-10,12H,2,4,8,11H2;1-7,9-11,19H,8,17H2. The molecule has 37 heavy (non-hydrogen) atoms. The van der Waals surface area contributed by atoms with Crippen molar-refractivity contribution >= 4 is 29.7 Å². The van der Waals surface area contributed by atoms with Crippen molar-refractivity contribution in [1.29, 1.82) is 0 Å². The maximum Gasteiger partial charge on any atom is 0.0607 e. The van der Waals surface area contributed by atoms with Crippen LogP contribution in [0.4, 0.5) is 11.4 Å². The lowest BCUT2D eigenvalue weighted by molar-refractivity contribution is 0.824. The van der Waals surface area contributed by atoms with Gasteiger partial charge < -0.3 is 11.1 Å². The highest BCUT2D eigenvalue weighted by Crippen LogP contribution is 2.22. The van der Waals surface area contributed by atoms with Crippen LogP contribution in [0.25, 0.3) is 12.2 Å². The highest BCUT2D eigenvalue weighted by molar-refractivity contribution is 5.90. The Morgan fingerprint density at radius 2 is 1.65 bits per heavy atom. The average molecular weight is 482 g/mol. The zero-order chi connectivity index (χ0) is 25.0. The number of aliphatic imine (C=N–C) groups is 1. The molecule has 3 nitrogen and oxygen atoms in total. The molecular formula is C34H31N3. The molecule has 0 amide bonds. The molecule has 3 aliphatic rings. The van der Waals surface area contributed by atoms with Gasteiger partial charge in [0.15, 0.2) is 0 Å². The Morgan fingerprint density at radius 3 is 2.57 bits per heavy atom. The molecule has 0 saturated heterocycles. The smallest absolute Gasteiger partial charge is 0.0607 e. The highest BCUT2D eigenvalue weighted by Gasteiger charge is 2.11. The first-order chi connectivity index (χ1) is 18.2. The highest BCUT2D eigenvalue weighted by atomic mass is 14.9. The third kappa shape index (κ3) is 4.99. The summed E-state index contributed by atoms with van der Waals surface area (Å²) < 4.78 is 0. The molecule has 1 heterocycles. The van der Waals surface area contributed by atoms with Crippen LogP contribution in [0, 0.1) is 10.4 Å². The van der Waals surface area contributed by atoms with Gasteiger partial charge in [-0.25, -0.2) is 0 Å². The molecule has 0 atom stereocenters. The van der Waals surface area contributed by atoms with Gasteiger partial charge in [-0.3, -0.25) is 4.99 Å². The number of hydrogen-bond donors (Lipinski definition) is 2. The van der Waals surface area contributed by atoms with E-state index in [0.29, 0.717) is 0 Å². The summed E-state index contributed by atoms with van der Waals surface area (Å²) in [7, 11) is 0. The van der Waals surface area contributed by atoms with Crippen molar-refractivity contribution in [2.45, 2.75) is 32.1 Å². The van der Waals surface area contributed by atoms with E-state index in [1.54, 1.807) is 11.1 Å². The van der Waals surface area contributed by atoms with E-state index in [1.807, 2.05) is 48.8 Å². The van der Waals surface area contributed by atoms with Crippen LogP contribution in [0.1, 0.15) is 35.1 Å². The van der Waals surface area contributed by atoms with E-state index in [9.17, 15) is 0 Å². The zero-order valence-electron chi connectivity index (χ0n) is 21.0. The summed E-state index contributed by atoms with van der Waals surface area (Å²) in [5.41, 5.74) is 14.0. The number of nitrogens with one attached hydrogen (secondary N) is 1. The van der Waals surface area contributed by atoms with Crippen molar-refractivity contribution in [2.24, 2.45) is 4.99 Å². The van der Waals surface area contributed by atoms with Crippen LogP contribution in [-0.4, -0.2) is 6.21 Å². The topological polar surface area (TPSA) is 50.4 Å². The Morgan fingerprint density at radius 1 is 0.784 bits per heavy atom. The average Bonchev–Trinajstić information content (AvgIpc) is 3.15. The van der Waals surface area contributed by atoms with E-state index in [0.717, 1.165) is 35.5 Å². The molecule has 3 N–H and O–H groups in total. The predicted octanol–water partition coefficient (Wildman–Crippen LogP) is 5.62. The summed E-state index contributed by atoms with van der Waals surface area (Å²) >= 11 is 0. The first-order valence-corrected chi connectivity index (χ1v) is 13.1. The molecule has 2 aliphatic carbocycles. The van der Waals surface area contributed by atoms with E-state index in [-0.39, 0.29) is 0 Å². The first kappa shape index (κ1) is 23.1. The van der Waals surface area contributed by atoms with Crippen LogP contribution >= 0.6 is 0 Å². The normalized spacial score (nSPS) is 14.4. The third-order valence-corrected chi connectivity index (χ3v) is 7.31. The van der Waals surface area contributed by atoms with Crippen molar-refractivity contribution in [3.05, 3.63) is 140 Å². The maximum atomic E-state index is 5.79. The summed E-state index contributed by atoms with van der Waals surface area (Å²) in [5.74, 6) is 0. The number of anilines is 2. The second-order valence-corrected chi connectivity index (χ2v) is 9.80. The number of benzene rings is 4. The van der Waals surface area contributed by atoms with Crippen molar-refractivity contribution in [3.8, 4) is 0 Å². The van der Waals surface area contributed by atoms with Crippen molar-refractivity contribution in [3.63, 3.8) is 0 Å². The lowest BCUT2D eigenvalue weighted by atomic mass is 9.89. The fourth-order valence-corrected chi connectivity index (χ4v) is 5.42. The Kier molecular flexibility index (Phi) is 6.43. The second kappa shape index (κ2) is 10.3. The van der Waals surface area contributed by atoms with Gasteiger partial charge in [-0.15, -0.1) is 0 Å². The minimum atomic E-state index is 0.750. The summed E-state index contributed by atoms with van der Waals surface area (Å²) in [4.78, 5) is 4.52. The number of nitrogen functional groups attached to an aromatic ring is 1. The lowest BCUT2D eigenvalue weighted by Crippen LogP contribution is -2.19. The molecule has 0 spiro atoms. The van der Waals surface area contributed by atoms with Crippen molar-refractivity contribution in [2.75, 3.05) is 11.1 Å². The third-order valence-electron chi connectivity index (χ3n) is 7.31. The van der Waals surface area contributed by atoms with E-state index in [1.165, 1.54) is 45.7 Å². The van der Waals surface area contributed by atoms with Gasteiger partial charge >= 0.3 is 0 Å². The Balaban J connectivity index is 0.000000136. The number of fused-ring (bicyclic) bond motifs is 5. The van der Waals surface area contributed by atoms with Crippen LogP contribution in [0.3, 0.4) is 0 Å². The largest absolute Gasteiger partial charge is 0.399 e. The van der Waals surface area contributed by atoms with E-state index in [4.69, 9.17) is 5.73 Å². The van der Waals surface area contributed by atoms with Crippen LogP contribution in [0.5, 0.6) is 0 Å². The maximum absolute atomic E-state index is 5.79. The molecule has 0 radical (unpaired) electrons. The molecule has 3 heteroatoms. The van der Waals surface area contributed by atoms with Crippen LogP contribution < -0.4 is 21.5 Å². The molecular weight excluding hydrogens is 450 g/mol. The second-order valence-electron chi connectivity index (χ2n) is 9.80. The SMILES string of the molecule is C1=c2ccc3c(c2CCC1)CC=c1ccccc1=3.Nc1ccc2c(c1)NC=C(Cc1ccccc1)N=C2. The number of nitrogens with zero attached hydrogens (tertiary/aromatic N) is 1. The minimum Gasteiger partial charge on any atom is -0.399 e. The van der Waals surface area contributed by atoms with Crippen molar-refractivity contribution < 1.29 is 0 Å². The zero-order valence-corrected chi connectivity index (χ0v) is 21.0. The van der Waals surface area contributed by atoms with Crippen LogP contribution in [-0.2, 0) is 19.3 Å². The molecule has 1 aliphatic heterocycles. The fraction of sp³-hybridized carbons (Fsp3) is 0.147. The summed E-state index contributed by atoms with van der Waals surface area (Å²) in [5, 5.41) is 9.01. The molecule has 0 unspecified atom stereocenters. The summed E-state index contributed by atoms with van der Waals surface area (Å²) in [6, 6.07) is 29.5. The fourth-order valence-electron chi connectivity index (χ4n) is 5.42. The Labute approximate surface area is 217 Å². The molecule has 4 aromatic carbocycles. The van der Waals surface area contributed by atoms with Gasteiger partial charge in [0.05, 0.1) is 5.70 Å². The van der Waals surface area contributed by atoms with Gasteiger partial charge in [0.25, 0.3) is 0 Å². The van der Waals surface area contributed by atoms with Gasteiger partial charge in [0, 0.05) is 35.8 Å². The molecule has 4 aromatic rings. The molecule has 0 saturated carbocycles. The summed E-state index contributed by atoms with van der Waals surface area (Å²) in [6.45, 7) is 0.